The number of ether oxygens (including phenoxy) is 2. The van der Waals surface area contributed by atoms with Crippen LogP contribution < -0.4 is 10.2 Å². The van der Waals surface area contributed by atoms with Crippen molar-refractivity contribution in [2.45, 2.75) is 25.9 Å². The lowest BCUT2D eigenvalue weighted by molar-refractivity contribution is -0.146. The number of anilines is 2. The van der Waals surface area contributed by atoms with Gasteiger partial charge in [-0.3, -0.25) is 14.5 Å². The SMILES string of the molecule is CCCC(=O)OC[C@H]1CN(c2ccc(NC(=O)CO)cc2)C(=O)O1. The molecule has 0 spiro atoms. The van der Waals surface area contributed by atoms with E-state index < -0.39 is 24.7 Å². The maximum absolute atomic E-state index is 11.9. The zero-order chi connectivity index (χ0) is 17.5. The fraction of sp³-hybridized carbons (Fsp3) is 0.438. The molecule has 1 aromatic carbocycles. The van der Waals surface area contributed by atoms with E-state index in [0.29, 0.717) is 24.2 Å². The van der Waals surface area contributed by atoms with Crippen LogP contribution in [0.1, 0.15) is 19.8 Å². The summed E-state index contributed by atoms with van der Waals surface area (Å²) in [6, 6.07) is 6.54. The lowest BCUT2D eigenvalue weighted by Gasteiger charge is -2.13. The molecule has 1 saturated heterocycles. The Morgan fingerprint density at radius 1 is 1.38 bits per heavy atom. The maximum atomic E-state index is 11.9. The van der Waals surface area contributed by atoms with Crippen LogP contribution in [0.25, 0.3) is 0 Å². The molecular weight excluding hydrogens is 316 g/mol. The molecule has 1 atom stereocenters. The first-order valence-corrected chi connectivity index (χ1v) is 7.68. The highest BCUT2D eigenvalue weighted by Crippen LogP contribution is 2.23. The Hall–Kier alpha value is -2.61. The Morgan fingerprint density at radius 2 is 2.08 bits per heavy atom. The van der Waals surface area contributed by atoms with Crippen LogP contribution in [0.2, 0.25) is 0 Å². The summed E-state index contributed by atoms with van der Waals surface area (Å²) in [6.45, 7) is 1.59. The van der Waals surface area contributed by atoms with E-state index in [-0.39, 0.29) is 19.1 Å². The standard InChI is InChI=1S/C16H20N2O6/c1-2-3-15(21)23-10-13-8-18(16(22)24-13)12-6-4-11(5-7-12)17-14(20)9-19/h4-7,13,19H,2-3,8-10H2,1H3,(H,17,20)/t13-/m1/s1. The molecule has 1 aromatic rings. The first-order chi connectivity index (χ1) is 11.5. The van der Waals surface area contributed by atoms with Crippen LogP contribution in [-0.4, -0.2) is 48.9 Å². The molecule has 0 unspecified atom stereocenters. The van der Waals surface area contributed by atoms with Crippen LogP contribution in [0.5, 0.6) is 0 Å². The Bertz CT molecular complexity index is 601. The first-order valence-electron chi connectivity index (χ1n) is 7.68. The molecule has 130 valence electrons. The van der Waals surface area contributed by atoms with Gasteiger partial charge in [-0.15, -0.1) is 0 Å². The van der Waals surface area contributed by atoms with Gasteiger partial charge >= 0.3 is 12.1 Å². The predicted molar refractivity (Wildman–Crippen MR) is 85.6 cm³/mol. The number of benzene rings is 1. The summed E-state index contributed by atoms with van der Waals surface area (Å²) in [5.41, 5.74) is 1.11. The monoisotopic (exact) mass is 336 g/mol. The van der Waals surface area contributed by atoms with Crippen LogP contribution in [-0.2, 0) is 19.1 Å². The van der Waals surface area contributed by atoms with E-state index in [1.807, 2.05) is 6.92 Å². The van der Waals surface area contributed by atoms with Crippen LogP contribution in [0.3, 0.4) is 0 Å². The number of hydrogen-bond donors (Lipinski definition) is 2. The molecule has 1 heterocycles. The Morgan fingerprint density at radius 3 is 2.71 bits per heavy atom. The van der Waals surface area contributed by atoms with Gasteiger partial charge in [0.15, 0.2) is 6.10 Å². The van der Waals surface area contributed by atoms with Crippen molar-refractivity contribution >= 4 is 29.3 Å². The molecule has 0 aliphatic carbocycles. The van der Waals surface area contributed by atoms with Gasteiger partial charge in [0.1, 0.15) is 13.2 Å². The van der Waals surface area contributed by atoms with Crippen molar-refractivity contribution in [3.05, 3.63) is 24.3 Å². The highest BCUT2D eigenvalue weighted by molar-refractivity contribution is 5.93. The van der Waals surface area contributed by atoms with Crippen molar-refractivity contribution in [1.82, 2.24) is 0 Å². The maximum Gasteiger partial charge on any atom is 0.414 e. The molecule has 0 radical (unpaired) electrons. The summed E-state index contributed by atoms with van der Waals surface area (Å²) < 4.78 is 10.2. The molecule has 8 nitrogen and oxygen atoms in total. The van der Waals surface area contributed by atoms with Gasteiger partial charge in [0, 0.05) is 17.8 Å². The number of carbonyl (C=O) groups excluding carboxylic acids is 3. The molecular formula is C16H20N2O6. The molecule has 0 saturated carbocycles. The number of amides is 2. The number of hydrogen-bond acceptors (Lipinski definition) is 6. The minimum Gasteiger partial charge on any atom is -0.462 e. The third kappa shape index (κ3) is 4.69. The highest BCUT2D eigenvalue weighted by Gasteiger charge is 2.33. The highest BCUT2D eigenvalue weighted by atomic mass is 16.6. The topological polar surface area (TPSA) is 105 Å². The van der Waals surface area contributed by atoms with Gasteiger partial charge in [0.2, 0.25) is 5.91 Å². The Balaban J connectivity index is 1.91. The van der Waals surface area contributed by atoms with E-state index in [9.17, 15) is 14.4 Å². The largest absolute Gasteiger partial charge is 0.462 e. The predicted octanol–water partition coefficient (Wildman–Crippen LogP) is 1.29. The van der Waals surface area contributed by atoms with Crippen molar-refractivity contribution in [3.63, 3.8) is 0 Å². The minimum atomic E-state index is -0.599. The fourth-order valence-electron chi connectivity index (χ4n) is 2.21. The number of cyclic esters (lactones) is 1. The van der Waals surface area contributed by atoms with Crippen LogP contribution >= 0.6 is 0 Å². The van der Waals surface area contributed by atoms with E-state index in [0.717, 1.165) is 0 Å². The van der Waals surface area contributed by atoms with Gasteiger partial charge in [-0.25, -0.2) is 4.79 Å². The van der Waals surface area contributed by atoms with E-state index >= 15 is 0 Å². The van der Waals surface area contributed by atoms with Crippen LogP contribution in [0.15, 0.2) is 24.3 Å². The van der Waals surface area contributed by atoms with Crippen LogP contribution in [0.4, 0.5) is 16.2 Å². The summed E-state index contributed by atoms with van der Waals surface area (Å²) >= 11 is 0. The second kappa shape index (κ2) is 8.30. The summed E-state index contributed by atoms with van der Waals surface area (Å²) in [4.78, 5) is 35.8. The molecule has 24 heavy (non-hydrogen) atoms. The minimum absolute atomic E-state index is 0.0334. The summed E-state index contributed by atoms with van der Waals surface area (Å²) in [5, 5.41) is 11.2. The van der Waals surface area contributed by atoms with Gasteiger partial charge in [-0.05, 0) is 30.7 Å². The number of nitrogens with zero attached hydrogens (tertiary/aromatic N) is 1. The van der Waals surface area contributed by atoms with Crippen molar-refractivity contribution in [1.29, 1.82) is 0 Å². The smallest absolute Gasteiger partial charge is 0.414 e. The fourth-order valence-corrected chi connectivity index (χ4v) is 2.21. The molecule has 1 aliphatic rings. The zero-order valence-electron chi connectivity index (χ0n) is 13.4. The lowest BCUT2D eigenvalue weighted by atomic mass is 10.2. The molecule has 1 fully saturated rings. The van der Waals surface area contributed by atoms with Crippen molar-refractivity contribution < 1.29 is 29.0 Å². The van der Waals surface area contributed by atoms with Crippen molar-refractivity contribution in [3.8, 4) is 0 Å². The van der Waals surface area contributed by atoms with Crippen molar-refractivity contribution in [2.24, 2.45) is 0 Å². The third-order valence-electron chi connectivity index (χ3n) is 3.36. The molecule has 2 N–H and O–H groups in total. The Kier molecular flexibility index (Phi) is 6.14. The number of carbonyl (C=O) groups is 3. The normalized spacial score (nSPS) is 16.7. The van der Waals surface area contributed by atoms with Gasteiger partial charge < -0.3 is 19.9 Å². The number of esters is 1. The summed E-state index contributed by atoms with van der Waals surface area (Å²) in [6.07, 6.45) is 0.0192. The van der Waals surface area contributed by atoms with Gasteiger partial charge in [-0.2, -0.15) is 0 Å². The quantitative estimate of drug-likeness (QED) is 0.727. The molecule has 1 aliphatic heterocycles. The third-order valence-corrected chi connectivity index (χ3v) is 3.36. The first kappa shape index (κ1) is 17.7. The van der Waals surface area contributed by atoms with E-state index in [1.165, 1.54) is 4.90 Å². The molecule has 2 rings (SSSR count). The number of rotatable bonds is 7. The molecule has 8 heteroatoms. The summed E-state index contributed by atoms with van der Waals surface area (Å²) in [7, 11) is 0. The summed E-state index contributed by atoms with van der Waals surface area (Å²) in [5.74, 6) is -0.826. The van der Waals surface area contributed by atoms with Gasteiger partial charge in [0.05, 0.1) is 6.54 Å². The number of aliphatic hydroxyl groups is 1. The van der Waals surface area contributed by atoms with E-state index in [1.54, 1.807) is 24.3 Å². The second-order valence-electron chi connectivity index (χ2n) is 5.30. The molecule has 0 bridgehead atoms. The number of nitrogens with one attached hydrogen (secondary N) is 1. The number of aliphatic hydroxyl groups excluding tert-OH is 1. The molecule has 2 amide bonds. The second-order valence-corrected chi connectivity index (χ2v) is 5.30. The Labute approximate surface area is 139 Å². The van der Waals surface area contributed by atoms with Gasteiger partial charge in [0.25, 0.3) is 0 Å². The van der Waals surface area contributed by atoms with E-state index in [4.69, 9.17) is 14.6 Å². The average molecular weight is 336 g/mol. The average Bonchev–Trinajstić information content (AvgIpc) is 2.95. The molecule has 0 aromatic heterocycles. The van der Waals surface area contributed by atoms with Crippen LogP contribution in [0, 0.1) is 0 Å². The van der Waals surface area contributed by atoms with E-state index in [2.05, 4.69) is 5.32 Å². The zero-order valence-corrected chi connectivity index (χ0v) is 13.4. The van der Waals surface area contributed by atoms with Gasteiger partial charge in [-0.1, -0.05) is 6.92 Å². The lowest BCUT2D eigenvalue weighted by Crippen LogP contribution is -2.26. The van der Waals surface area contributed by atoms with Crippen molar-refractivity contribution in [2.75, 3.05) is 30.0 Å².